The minimum absolute atomic E-state index is 0.0666. The zero-order valence-electron chi connectivity index (χ0n) is 9.60. The van der Waals surface area contributed by atoms with Crippen molar-refractivity contribution < 1.29 is 4.79 Å². The Morgan fingerprint density at radius 3 is 2.53 bits per heavy atom. The van der Waals surface area contributed by atoms with Crippen LogP contribution < -0.4 is 0 Å². The van der Waals surface area contributed by atoms with Crippen molar-refractivity contribution >= 4 is 17.5 Å². The first-order valence-corrected chi connectivity index (χ1v) is 5.52. The van der Waals surface area contributed by atoms with Crippen LogP contribution >= 0.6 is 11.6 Å². The zero-order chi connectivity index (χ0) is 11.6. The molecule has 1 amide bonds. The van der Waals surface area contributed by atoms with Crippen molar-refractivity contribution in [1.82, 2.24) is 4.90 Å². The fourth-order valence-corrected chi connectivity index (χ4v) is 1.77. The number of halogens is 1. The summed E-state index contributed by atoms with van der Waals surface area (Å²) >= 11 is 5.93. The summed E-state index contributed by atoms with van der Waals surface area (Å²) in [5.41, 5.74) is 2.86. The number of benzene rings is 1. The largest absolute Gasteiger partial charge is 0.337 e. The first kappa shape index (κ1) is 12.1. The van der Waals surface area contributed by atoms with Gasteiger partial charge < -0.3 is 4.90 Å². The van der Waals surface area contributed by atoms with Gasteiger partial charge in [0, 0.05) is 24.2 Å². The molecule has 0 aliphatic carbocycles. The highest BCUT2D eigenvalue weighted by Gasteiger charge is 2.24. The van der Waals surface area contributed by atoms with Crippen LogP contribution in [0.25, 0.3) is 0 Å². The van der Waals surface area contributed by atoms with Crippen molar-refractivity contribution in [2.75, 3.05) is 7.05 Å². The molecule has 0 bridgehead atoms. The quantitative estimate of drug-likeness (QED) is 0.664. The molecule has 0 unspecified atom stereocenters. The molecule has 2 nitrogen and oxygen atoms in total. The minimum Gasteiger partial charge on any atom is -0.337 e. The number of hydrogen-bond acceptors (Lipinski definition) is 1. The second-order valence-electron chi connectivity index (χ2n) is 3.42. The van der Waals surface area contributed by atoms with Gasteiger partial charge in [-0.3, -0.25) is 4.79 Å². The summed E-state index contributed by atoms with van der Waals surface area (Å²) in [7, 11) is 1.80. The molecule has 0 aromatic heterocycles. The predicted octanol–water partition coefficient (Wildman–Crippen LogP) is 3.26. The van der Waals surface area contributed by atoms with Crippen LogP contribution in [0.5, 0.6) is 0 Å². The second-order valence-corrected chi connectivity index (χ2v) is 3.83. The van der Waals surface area contributed by atoms with E-state index in [1.54, 1.807) is 18.0 Å². The summed E-state index contributed by atoms with van der Waals surface area (Å²) in [5.74, 6) is 0.0666. The summed E-state index contributed by atoms with van der Waals surface area (Å²) < 4.78 is 0. The average molecular weight is 226 g/mol. The Morgan fingerprint density at radius 1 is 1.33 bits per heavy atom. The number of rotatable bonds is 0. The van der Waals surface area contributed by atoms with E-state index in [1.807, 2.05) is 26.8 Å². The summed E-state index contributed by atoms with van der Waals surface area (Å²) in [4.78, 5) is 13.2. The number of carbonyl (C=O) groups excluding carboxylic acids is 1. The molecule has 1 aromatic rings. The molecule has 0 fully saturated rings. The van der Waals surface area contributed by atoms with Gasteiger partial charge in [0.2, 0.25) is 0 Å². The van der Waals surface area contributed by atoms with E-state index in [4.69, 9.17) is 11.6 Å². The lowest BCUT2D eigenvalue weighted by molar-refractivity contribution is 0.0816. The van der Waals surface area contributed by atoms with E-state index >= 15 is 0 Å². The van der Waals surface area contributed by atoms with Crippen molar-refractivity contribution in [3.63, 3.8) is 0 Å². The van der Waals surface area contributed by atoms with Crippen LogP contribution in [0, 0.1) is 6.92 Å². The maximum Gasteiger partial charge on any atom is 0.254 e. The van der Waals surface area contributed by atoms with Crippen LogP contribution in [0.4, 0.5) is 0 Å². The maximum absolute atomic E-state index is 11.5. The Labute approximate surface area is 95.8 Å². The average Bonchev–Trinajstić information content (AvgIpc) is 2.49. The molecule has 1 aliphatic heterocycles. The highest BCUT2D eigenvalue weighted by Crippen LogP contribution is 2.27. The number of hydrogen-bond donors (Lipinski definition) is 0. The monoisotopic (exact) mass is 225 g/mol. The summed E-state index contributed by atoms with van der Waals surface area (Å²) in [6.07, 6.45) is 0. The van der Waals surface area contributed by atoms with Gasteiger partial charge >= 0.3 is 0 Å². The van der Waals surface area contributed by atoms with Gasteiger partial charge in [-0.15, -0.1) is 0 Å². The Hall–Kier alpha value is -1.02. The summed E-state index contributed by atoms with van der Waals surface area (Å²) in [6.45, 7) is 6.65. The predicted molar refractivity (Wildman–Crippen MR) is 63.3 cm³/mol. The Morgan fingerprint density at radius 2 is 1.93 bits per heavy atom. The first-order chi connectivity index (χ1) is 7.09. The number of aryl methyl sites for hydroxylation is 1. The van der Waals surface area contributed by atoms with Crippen molar-refractivity contribution in [2.45, 2.75) is 27.3 Å². The third-order valence-electron chi connectivity index (χ3n) is 2.37. The Bertz CT molecular complexity index is 387. The lowest BCUT2D eigenvalue weighted by Gasteiger charge is -2.04. The fourth-order valence-electron chi connectivity index (χ4n) is 1.60. The van der Waals surface area contributed by atoms with Crippen LogP contribution in [0.15, 0.2) is 12.1 Å². The van der Waals surface area contributed by atoms with Gasteiger partial charge in [-0.1, -0.05) is 31.5 Å². The van der Waals surface area contributed by atoms with Crippen LogP contribution in [0.3, 0.4) is 0 Å². The fraction of sp³-hybridized carbons (Fsp3) is 0.417. The Balaban J connectivity index is 0.000000531. The van der Waals surface area contributed by atoms with E-state index in [1.165, 1.54) is 0 Å². The Kier molecular flexibility index (Phi) is 3.75. The smallest absolute Gasteiger partial charge is 0.254 e. The van der Waals surface area contributed by atoms with Gasteiger partial charge in [-0.2, -0.15) is 0 Å². The molecular formula is C12H16ClNO. The van der Waals surface area contributed by atoms with E-state index in [-0.39, 0.29) is 5.91 Å². The highest BCUT2D eigenvalue weighted by atomic mass is 35.5. The molecule has 3 heteroatoms. The van der Waals surface area contributed by atoms with E-state index < -0.39 is 0 Å². The molecule has 1 aliphatic rings. The SMILES string of the molecule is CC.Cc1cc2c(cc1Cl)C(=O)N(C)C2. The highest BCUT2D eigenvalue weighted by molar-refractivity contribution is 6.31. The van der Waals surface area contributed by atoms with Crippen LogP contribution in [-0.2, 0) is 6.54 Å². The van der Waals surface area contributed by atoms with Crippen LogP contribution in [0.1, 0.15) is 35.3 Å². The number of nitrogens with zero attached hydrogens (tertiary/aromatic N) is 1. The zero-order valence-corrected chi connectivity index (χ0v) is 10.4. The van der Waals surface area contributed by atoms with Gasteiger partial charge in [0.15, 0.2) is 0 Å². The minimum atomic E-state index is 0.0666. The molecule has 0 atom stereocenters. The number of fused-ring (bicyclic) bond motifs is 1. The van der Waals surface area contributed by atoms with Crippen LogP contribution in [0.2, 0.25) is 5.02 Å². The third kappa shape index (κ3) is 2.15. The van der Waals surface area contributed by atoms with Crippen molar-refractivity contribution in [2.24, 2.45) is 0 Å². The van der Waals surface area contributed by atoms with Gasteiger partial charge in [0.05, 0.1) is 0 Å². The molecular weight excluding hydrogens is 210 g/mol. The van der Waals surface area contributed by atoms with Crippen molar-refractivity contribution in [3.05, 3.63) is 33.8 Å². The molecule has 2 rings (SSSR count). The molecule has 0 saturated carbocycles. The number of carbonyl (C=O) groups is 1. The molecule has 0 spiro atoms. The van der Waals surface area contributed by atoms with E-state index in [0.29, 0.717) is 11.6 Å². The molecule has 15 heavy (non-hydrogen) atoms. The molecule has 0 N–H and O–H groups in total. The molecule has 1 aromatic carbocycles. The molecule has 0 radical (unpaired) electrons. The van der Waals surface area contributed by atoms with Crippen LogP contribution in [-0.4, -0.2) is 17.9 Å². The van der Waals surface area contributed by atoms with Crippen molar-refractivity contribution in [3.8, 4) is 0 Å². The van der Waals surface area contributed by atoms with Gasteiger partial charge in [0.25, 0.3) is 5.91 Å². The topological polar surface area (TPSA) is 20.3 Å². The lowest BCUT2D eigenvalue weighted by atomic mass is 10.1. The second kappa shape index (κ2) is 4.67. The maximum atomic E-state index is 11.5. The normalized spacial score (nSPS) is 13.4. The van der Waals surface area contributed by atoms with E-state index in [9.17, 15) is 4.79 Å². The van der Waals surface area contributed by atoms with E-state index in [2.05, 4.69) is 0 Å². The first-order valence-electron chi connectivity index (χ1n) is 5.14. The van der Waals surface area contributed by atoms with E-state index in [0.717, 1.165) is 16.7 Å². The van der Waals surface area contributed by atoms with Gasteiger partial charge in [-0.05, 0) is 24.1 Å². The molecule has 0 saturated heterocycles. The molecule has 82 valence electrons. The standard InChI is InChI=1S/C10H10ClNO.C2H6/c1-6-3-7-5-12(2)10(13)8(7)4-9(6)11;1-2/h3-4H,5H2,1-2H3;1-2H3. The third-order valence-corrected chi connectivity index (χ3v) is 2.78. The van der Waals surface area contributed by atoms with Gasteiger partial charge in [-0.25, -0.2) is 0 Å². The number of amides is 1. The molecule has 1 heterocycles. The summed E-state index contributed by atoms with van der Waals surface area (Å²) in [6, 6.07) is 3.75. The summed E-state index contributed by atoms with van der Waals surface area (Å²) in [5, 5.41) is 0.669. The van der Waals surface area contributed by atoms with Crippen molar-refractivity contribution in [1.29, 1.82) is 0 Å². The van der Waals surface area contributed by atoms with Gasteiger partial charge in [0.1, 0.15) is 0 Å². The lowest BCUT2D eigenvalue weighted by Crippen LogP contribution is -2.17.